The average molecular weight is 359 g/mol. The fourth-order valence-electron chi connectivity index (χ4n) is 2.67. The number of benzene rings is 2. The van der Waals surface area contributed by atoms with Crippen molar-refractivity contribution in [2.45, 2.75) is 13.5 Å². The van der Waals surface area contributed by atoms with Crippen LogP contribution >= 0.6 is 0 Å². The van der Waals surface area contributed by atoms with Crippen LogP contribution in [-0.2, 0) is 6.54 Å². The number of carbonyl (C=O) groups is 2. The molecule has 0 saturated carbocycles. The lowest BCUT2D eigenvalue weighted by Crippen LogP contribution is -2.26. The fraction of sp³-hybridized carbons (Fsp3) is 0.136. The van der Waals surface area contributed by atoms with Crippen molar-refractivity contribution in [1.29, 1.82) is 0 Å². The molecule has 3 aromatic rings. The predicted molar refractivity (Wildman–Crippen MR) is 106 cm³/mol. The molecule has 0 fully saturated rings. The molecular formula is C22H21N3O2. The molecule has 1 N–H and O–H groups in total. The first-order valence-corrected chi connectivity index (χ1v) is 8.66. The molecule has 136 valence electrons. The lowest BCUT2D eigenvalue weighted by atomic mass is 10.1. The minimum atomic E-state index is -0.348. The van der Waals surface area contributed by atoms with Crippen LogP contribution in [0.1, 0.15) is 32.0 Å². The molecule has 27 heavy (non-hydrogen) atoms. The monoisotopic (exact) mass is 359 g/mol. The highest BCUT2D eigenvalue weighted by Gasteiger charge is 2.15. The molecule has 5 nitrogen and oxygen atoms in total. The Morgan fingerprint density at radius 1 is 1.00 bits per heavy atom. The van der Waals surface area contributed by atoms with Gasteiger partial charge in [0.25, 0.3) is 11.8 Å². The SMILES string of the molecule is Cc1ccc(NC(=O)c2cc(C(=O)N(C)Cc3ccccc3)ccn2)cc1. The van der Waals surface area contributed by atoms with Gasteiger partial charge in [-0.15, -0.1) is 0 Å². The Kier molecular flexibility index (Phi) is 5.61. The minimum Gasteiger partial charge on any atom is -0.337 e. The number of aromatic nitrogens is 1. The first-order valence-electron chi connectivity index (χ1n) is 8.66. The van der Waals surface area contributed by atoms with Crippen LogP contribution in [0, 0.1) is 6.92 Å². The number of amides is 2. The molecular weight excluding hydrogens is 338 g/mol. The second kappa shape index (κ2) is 8.27. The standard InChI is InChI=1S/C22H21N3O2/c1-16-8-10-19(11-9-16)24-21(26)20-14-18(12-13-23-20)22(27)25(2)15-17-6-4-3-5-7-17/h3-14H,15H2,1-2H3,(H,24,26). The molecule has 0 unspecified atom stereocenters. The number of anilines is 1. The third-order valence-electron chi connectivity index (χ3n) is 4.16. The van der Waals surface area contributed by atoms with Gasteiger partial charge >= 0.3 is 0 Å². The van der Waals surface area contributed by atoms with Gasteiger partial charge in [0.05, 0.1) is 0 Å². The number of carbonyl (C=O) groups excluding carboxylic acids is 2. The van der Waals surface area contributed by atoms with Crippen molar-refractivity contribution in [3.05, 3.63) is 95.3 Å². The lowest BCUT2D eigenvalue weighted by molar-refractivity contribution is 0.0785. The second-order valence-electron chi connectivity index (χ2n) is 6.40. The molecule has 5 heteroatoms. The summed E-state index contributed by atoms with van der Waals surface area (Å²) in [5.74, 6) is -0.509. The number of pyridine rings is 1. The maximum Gasteiger partial charge on any atom is 0.274 e. The first kappa shape index (κ1) is 18.3. The maximum absolute atomic E-state index is 12.7. The number of hydrogen-bond acceptors (Lipinski definition) is 3. The topological polar surface area (TPSA) is 62.3 Å². The molecule has 1 aromatic heterocycles. The third kappa shape index (κ3) is 4.79. The minimum absolute atomic E-state index is 0.161. The Morgan fingerprint density at radius 3 is 2.41 bits per heavy atom. The summed E-state index contributed by atoms with van der Waals surface area (Å²) in [7, 11) is 1.74. The second-order valence-corrected chi connectivity index (χ2v) is 6.40. The zero-order valence-corrected chi connectivity index (χ0v) is 15.3. The molecule has 2 amide bonds. The summed E-state index contributed by atoms with van der Waals surface area (Å²) < 4.78 is 0. The highest BCUT2D eigenvalue weighted by atomic mass is 16.2. The Balaban J connectivity index is 1.71. The van der Waals surface area contributed by atoms with E-state index in [-0.39, 0.29) is 17.5 Å². The van der Waals surface area contributed by atoms with Gasteiger partial charge in [0.15, 0.2) is 0 Å². The van der Waals surface area contributed by atoms with Gasteiger partial charge < -0.3 is 10.2 Å². The van der Waals surface area contributed by atoms with E-state index in [0.717, 1.165) is 11.1 Å². The van der Waals surface area contributed by atoms with Gasteiger partial charge in [0.1, 0.15) is 5.69 Å². The number of rotatable bonds is 5. The van der Waals surface area contributed by atoms with E-state index in [9.17, 15) is 9.59 Å². The van der Waals surface area contributed by atoms with Gasteiger partial charge in [0, 0.05) is 31.0 Å². The quantitative estimate of drug-likeness (QED) is 0.751. The van der Waals surface area contributed by atoms with Crippen molar-refractivity contribution in [3.8, 4) is 0 Å². The van der Waals surface area contributed by atoms with Gasteiger partial charge in [-0.05, 0) is 36.8 Å². The van der Waals surface area contributed by atoms with Gasteiger partial charge in [0.2, 0.25) is 0 Å². The van der Waals surface area contributed by atoms with Crippen molar-refractivity contribution in [1.82, 2.24) is 9.88 Å². The van der Waals surface area contributed by atoms with Crippen LogP contribution in [0.5, 0.6) is 0 Å². The van der Waals surface area contributed by atoms with Gasteiger partial charge in [-0.2, -0.15) is 0 Å². The normalized spacial score (nSPS) is 10.3. The smallest absolute Gasteiger partial charge is 0.274 e. The van der Waals surface area contributed by atoms with Crippen molar-refractivity contribution in [2.24, 2.45) is 0 Å². The van der Waals surface area contributed by atoms with Crippen LogP contribution < -0.4 is 5.32 Å². The van der Waals surface area contributed by atoms with Crippen LogP contribution in [0.2, 0.25) is 0 Å². The zero-order valence-electron chi connectivity index (χ0n) is 15.3. The van der Waals surface area contributed by atoms with E-state index in [2.05, 4.69) is 10.3 Å². The van der Waals surface area contributed by atoms with Crippen LogP contribution in [0.15, 0.2) is 72.9 Å². The molecule has 0 aliphatic heterocycles. The van der Waals surface area contributed by atoms with Crippen LogP contribution in [0.4, 0.5) is 5.69 Å². The fourth-order valence-corrected chi connectivity index (χ4v) is 2.67. The molecule has 0 aliphatic rings. The van der Waals surface area contributed by atoms with Gasteiger partial charge in [-0.3, -0.25) is 14.6 Å². The summed E-state index contributed by atoms with van der Waals surface area (Å²) >= 11 is 0. The van der Waals surface area contributed by atoms with E-state index in [0.29, 0.717) is 17.8 Å². The van der Waals surface area contributed by atoms with E-state index >= 15 is 0 Å². The summed E-state index contributed by atoms with van der Waals surface area (Å²) in [5.41, 5.74) is 3.47. The van der Waals surface area contributed by atoms with Gasteiger partial charge in [-0.1, -0.05) is 48.0 Å². The largest absolute Gasteiger partial charge is 0.337 e. The predicted octanol–water partition coefficient (Wildman–Crippen LogP) is 3.91. The molecule has 0 aliphatic carbocycles. The van der Waals surface area contributed by atoms with E-state index < -0.39 is 0 Å². The zero-order chi connectivity index (χ0) is 19.2. The average Bonchev–Trinajstić information content (AvgIpc) is 2.70. The van der Waals surface area contributed by atoms with Crippen molar-refractivity contribution < 1.29 is 9.59 Å². The van der Waals surface area contributed by atoms with Crippen LogP contribution in [0.3, 0.4) is 0 Å². The molecule has 2 aromatic carbocycles. The molecule has 0 atom stereocenters. The Morgan fingerprint density at radius 2 is 1.70 bits per heavy atom. The molecule has 0 bridgehead atoms. The highest BCUT2D eigenvalue weighted by Crippen LogP contribution is 2.12. The molecule has 0 saturated heterocycles. The Bertz CT molecular complexity index is 937. The van der Waals surface area contributed by atoms with Crippen molar-refractivity contribution in [2.75, 3.05) is 12.4 Å². The van der Waals surface area contributed by atoms with E-state index in [1.54, 1.807) is 18.0 Å². The number of nitrogens with zero attached hydrogens (tertiary/aromatic N) is 2. The van der Waals surface area contributed by atoms with Crippen molar-refractivity contribution >= 4 is 17.5 Å². The van der Waals surface area contributed by atoms with Crippen LogP contribution in [-0.4, -0.2) is 28.7 Å². The Hall–Kier alpha value is -3.47. The highest BCUT2D eigenvalue weighted by molar-refractivity contribution is 6.04. The van der Waals surface area contributed by atoms with E-state index in [4.69, 9.17) is 0 Å². The summed E-state index contributed by atoms with van der Waals surface area (Å²) in [4.78, 5) is 30.8. The number of nitrogens with one attached hydrogen (secondary N) is 1. The molecule has 0 spiro atoms. The number of hydrogen-bond donors (Lipinski definition) is 1. The first-order chi connectivity index (χ1) is 13.0. The lowest BCUT2D eigenvalue weighted by Gasteiger charge is -2.17. The van der Waals surface area contributed by atoms with Gasteiger partial charge in [-0.25, -0.2) is 0 Å². The summed E-state index contributed by atoms with van der Waals surface area (Å²) in [6, 6.07) is 20.4. The molecule has 3 rings (SSSR count). The molecule has 1 heterocycles. The van der Waals surface area contributed by atoms with E-state index in [1.165, 1.54) is 12.3 Å². The maximum atomic E-state index is 12.7. The molecule has 0 radical (unpaired) electrons. The third-order valence-corrected chi connectivity index (χ3v) is 4.16. The van der Waals surface area contributed by atoms with E-state index in [1.807, 2.05) is 61.5 Å². The summed E-state index contributed by atoms with van der Waals surface area (Å²) in [6.45, 7) is 2.47. The summed E-state index contributed by atoms with van der Waals surface area (Å²) in [5, 5.41) is 2.79. The summed E-state index contributed by atoms with van der Waals surface area (Å²) in [6.07, 6.45) is 1.48. The number of aryl methyl sites for hydroxylation is 1. The van der Waals surface area contributed by atoms with Crippen LogP contribution in [0.25, 0.3) is 0 Å². The van der Waals surface area contributed by atoms with Crippen molar-refractivity contribution in [3.63, 3.8) is 0 Å². The Labute approximate surface area is 158 Å².